The molecule has 28 heavy (non-hydrogen) atoms. The highest BCUT2D eigenvalue weighted by atomic mass is 16.5. The van der Waals surface area contributed by atoms with Crippen molar-refractivity contribution in [3.05, 3.63) is 29.8 Å². The second-order valence-corrected chi connectivity index (χ2v) is 6.78. The number of aliphatic imine (C=N–C) groups is 1. The minimum Gasteiger partial charge on any atom is -0.497 e. The van der Waals surface area contributed by atoms with Gasteiger partial charge in [0.1, 0.15) is 5.75 Å². The summed E-state index contributed by atoms with van der Waals surface area (Å²) in [6, 6.07) is 8.65. The fraction of sp³-hybridized carbons (Fsp3) is 0.667. The van der Waals surface area contributed by atoms with Crippen LogP contribution in [0.4, 0.5) is 0 Å². The topological polar surface area (TPSA) is 67.4 Å². The zero-order valence-electron chi connectivity index (χ0n) is 17.6. The summed E-state index contributed by atoms with van der Waals surface area (Å²) in [4.78, 5) is 7.38. The van der Waals surface area contributed by atoms with Gasteiger partial charge in [-0.25, -0.2) is 0 Å². The van der Waals surface area contributed by atoms with Gasteiger partial charge in [-0.3, -0.25) is 9.89 Å². The fourth-order valence-electron chi connectivity index (χ4n) is 3.32. The number of hydrogen-bond donors (Lipinski definition) is 2. The van der Waals surface area contributed by atoms with Crippen LogP contribution in [0.2, 0.25) is 0 Å². The van der Waals surface area contributed by atoms with Crippen molar-refractivity contribution in [1.29, 1.82) is 0 Å². The number of guanidine groups is 1. The monoisotopic (exact) mass is 392 g/mol. The van der Waals surface area contributed by atoms with Crippen LogP contribution < -0.4 is 15.4 Å². The summed E-state index contributed by atoms with van der Waals surface area (Å²) >= 11 is 0. The second-order valence-electron chi connectivity index (χ2n) is 6.78. The lowest BCUT2D eigenvalue weighted by Crippen LogP contribution is -2.40. The molecule has 7 heteroatoms. The minimum atomic E-state index is 0.279. The molecule has 1 aromatic rings. The molecule has 0 aromatic heterocycles. The molecule has 1 aromatic carbocycles. The third-order valence-electron chi connectivity index (χ3n) is 4.82. The number of hydrogen-bond acceptors (Lipinski definition) is 5. The standard InChI is InChI=1S/C21H36N4O3/c1-4-22-21(23-11-14-28-16-15-26-2)24-17-20(25-12-5-6-13-25)18-7-9-19(27-3)10-8-18/h7-10,20H,4-6,11-17H2,1-3H3,(H2,22,23,24). The Bertz CT molecular complexity index is 559. The van der Waals surface area contributed by atoms with Crippen molar-refractivity contribution in [3.63, 3.8) is 0 Å². The van der Waals surface area contributed by atoms with E-state index in [1.165, 1.54) is 18.4 Å². The van der Waals surface area contributed by atoms with Crippen molar-refractivity contribution in [1.82, 2.24) is 15.5 Å². The van der Waals surface area contributed by atoms with Gasteiger partial charge in [-0.2, -0.15) is 0 Å². The van der Waals surface area contributed by atoms with Gasteiger partial charge in [0.25, 0.3) is 0 Å². The number of nitrogens with one attached hydrogen (secondary N) is 2. The molecule has 1 unspecified atom stereocenters. The van der Waals surface area contributed by atoms with Crippen molar-refractivity contribution in [2.75, 3.05) is 66.8 Å². The Labute approximate surface area is 169 Å². The molecule has 1 heterocycles. The van der Waals surface area contributed by atoms with Crippen LogP contribution in [0.25, 0.3) is 0 Å². The molecule has 7 nitrogen and oxygen atoms in total. The van der Waals surface area contributed by atoms with Gasteiger partial charge in [0.15, 0.2) is 5.96 Å². The van der Waals surface area contributed by atoms with E-state index in [0.717, 1.165) is 31.3 Å². The zero-order chi connectivity index (χ0) is 20.0. The van der Waals surface area contributed by atoms with E-state index < -0.39 is 0 Å². The first-order valence-corrected chi connectivity index (χ1v) is 10.2. The highest BCUT2D eigenvalue weighted by Gasteiger charge is 2.23. The van der Waals surface area contributed by atoms with E-state index in [1.54, 1.807) is 14.2 Å². The average molecular weight is 393 g/mol. The maximum absolute atomic E-state index is 5.51. The number of methoxy groups -OCH3 is 2. The summed E-state index contributed by atoms with van der Waals surface area (Å²) < 4.78 is 15.8. The quantitative estimate of drug-likeness (QED) is 0.322. The first-order chi connectivity index (χ1) is 13.8. The molecule has 0 saturated carbocycles. The Morgan fingerprint density at radius 1 is 1.07 bits per heavy atom. The van der Waals surface area contributed by atoms with E-state index >= 15 is 0 Å². The molecule has 1 aliphatic rings. The number of likely N-dealkylation sites (tertiary alicyclic amines) is 1. The molecule has 1 saturated heterocycles. The van der Waals surface area contributed by atoms with Gasteiger partial charge >= 0.3 is 0 Å². The Kier molecular flexibility index (Phi) is 10.7. The first-order valence-electron chi connectivity index (χ1n) is 10.2. The summed E-state index contributed by atoms with van der Waals surface area (Å²) in [5.41, 5.74) is 1.28. The van der Waals surface area contributed by atoms with Crippen molar-refractivity contribution < 1.29 is 14.2 Å². The predicted octanol–water partition coefficient (Wildman–Crippen LogP) is 2.05. The number of ether oxygens (including phenoxy) is 3. The molecule has 1 aliphatic heterocycles. The number of rotatable bonds is 12. The lowest BCUT2D eigenvalue weighted by atomic mass is 10.1. The SMILES string of the molecule is CCNC(=NCC(c1ccc(OC)cc1)N1CCCC1)NCCOCCOC. The van der Waals surface area contributed by atoms with E-state index in [1.807, 2.05) is 12.1 Å². The van der Waals surface area contributed by atoms with Gasteiger partial charge in [0.05, 0.1) is 39.5 Å². The Morgan fingerprint density at radius 3 is 2.46 bits per heavy atom. The normalized spacial score (nSPS) is 16.2. The molecular weight excluding hydrogens is 356 g/mol. The minimum absolute atomic E-state index is 0.279. The second kappa shape index (κ2) is 13.4. The molecule has 0 spiro atoms. The van der Waals surface area contributed by atoms with E-state index in [0.29, 0.717) is 32.9 Å². The number of nitrogens with zero attached hydrogens (tertiary/aromatic N) is 2. The highest BCUT2D eigenvalue weighted by molar-refractivity contribution is 5.79. The van der Waals surface area contributed by atoms with Gasteiger partial charge in [-0.1, -0.05) is 12.1 Å². The molecule has 1 atom stereocenters. The lowest BCUT2D eigenvalue weighted by molar-refractivity contribution is 0.0733. The maximum atomic E-state index is 5.51. The molecule has 0 bridgehead atoms. The molecule has 2 rings (SSSR count). The van der Waals surface area contributed by atoms with Crippen molar-refractivity contribution in [2.24, 2.45) is 4.99 Å². The molecule has 0 aliphatic carbocycles. The maximum Gasteiger partial charge on any atom is 0.191 e. The van der Waals surface area contributed by atoms with Crippen molar-refractivity contribution in [3.8, 4) is 5.75 Å². The Hall–Kier alpha value is -1.83. The van der Waals surface area contributed by atoms with E-state index in [9.17, 15) is 0 Å². The molecule has 158 valence electrons. The van der Waals surface area contributed by atoms with Crippen molar-refractivity contribution >= 4 is 5.96 Å². The predicted molar refractivity (Wildman–Crippen MR) is 113 cm³/mol. The highest BCUT2D eigenvalue weighted by Crippen LogP contribution is 2.27. The number of benzene rings is 1. The van der Waals surface area contributed by atoms with Gasteiger partial charge in [0.2, 0.25) is 0 Å². The zero-order valence-corrected chi connectivity index (χ0v) is 17.6. The average Bonchev–Trinajstić information content (AvgIpc) is 3.25. The van der Waals surface area contributed by atoms with Crippen LogP contribution in [0.3, 0.4) is 0 Å². The van der Waals surface area contributed by atoms with Crippen molar-refractivity contribution in [2.45, 2.75) is 25.8 Å². The summed E-state index contributed by atoms with van der Waals surface area (Å²) in [5.74, 6) is 1.71. The smallest absolute Gasteiger partial charge is 0.191 e. The summed E-state index contributed by atoms with van der Waals surface area (Å²) in [7, 11) is 3.38. The Balaban J connectivity index is 1.96. The van der Waals surface area contributed by atoms with E-state index in [4.69, 9.17) is 19.2 Å². The van der Waals surface area contributed by atoms with E-state index in [-0.39, 0.29) is 6.04 Å². The van der Waals surface area contributed by atoms with Crippen LogP contribution in [0.15, 0.2) is 29.3 Å². The first kappa shape index (κ1) is 22.5. The summed E-state index contributed by atoms with van der Waals surface area (Å²) in [6.07, 6.45) is 2.51. The molecule has 0 radical (unpaired) electrons. The van der Waals surface area contributed by atoms with Crippen LogP contribution >= 0.6 is 0 Å². The van der Waals surface area contributed by atoms with Gasteiger partial charge in [-0.05, 0) is 50.6 Å². The Morgan fingerprint density at radius 2 is 1.82 bits per heavy atom. The van der Waals surface area contributed by atoms with Crippen LogP contribution in [0.1, 0.15) is 31.4 Å². The largest absolute Gasteiger partial charge is 0.497 e. The third-order valence-corrected chi connectivity index (χ3v) is 4.82. The molecular formula is C21H36N4O3. The van der Waals surface area contributed by atoms with Gasteiger partial charge in [-0.15, -0.1) is 0 Å². The van der Waals surface area contributed by atoms with Gasteiger partial charge < -0.3 is 24.8 Å². The molecule has 2 N–H and O–H groups in total. The summed E-state index contributed by atoms with van der Waals surface area (Å²) in [5, 5.41) is 6.67. The van der Waals surface area contributed by atoms with Crippen LogP contribution in [-0.2, 0) is 9.47 Å². The molecule has 0 amide bonds. The van der Waals surface area contributed by atoms with Crippen LogP contribution in [-0.4, -0.2) is 77.6 Å². The van der Waals surface area contributed by atoms with Gasteiger partial charge in [0, 0.05) is 20.2 Å². The fourth-order valence-corrected chi connectivity index (χ4v) is 3.32. The third kappa shape index (κ3) is 7.66. The lowest BCUT2D eigenvalue weighted by Gasteiger charge is -2.27. The molecule has 1 fully saturated rings. The van der Waals surface area contributed by atoms with Crippen LogP contribution in [0.5, 0.6) is 5.75 Å². The van der Waals surface area contributed by atoms with E-state index in [2.05, 4.69) is 34.6 Å². The summed E-state index contributed by atoms with van der Waals surface area (Å²) in [6.45, 7) is 8.45. The van der Waals surface area contributed by atoms with Crippen LogP contribution in [0, 0.1) is 0 Å².